The van der Waals surface area contributed by atoms with E-state index in [4.69, 9.17) is 4.74 Å². The van der Waals surface area contributed by atoms with Crippen LogP contribution in [0.25, 0.3) is 5.69 Å². The highest BCUT2D eigenvalue weighted by Gasteiger charge is 2.31. The number of carbonyl (C=O) groups excluding carboxylic acids is 2. The van der Waals surface area contributed by atoms with E-state index in [0.717, 1.165) is 11.3 Å². The van der Waals surface area contributed by atoms with Gasteiger partial charge >= 0.3 is 5.97 Å². The predicted octanol–water partition coefficient (Wildman–Crippen LogP) is 2.86. The summed E-state index contributed by atoms with van der Waals surface area (Å²) in [5.41, 5.74) is 2.12. The Bertz CT molecular complexity index is 830. The minimum absolute atomic E-state index is 0.0617. The van der Waals surface area contributed by atoms with Crippen molar-refractivity contribution in [3.63, 3.8) is 0 Å². The number of thioether (sulfide) groups is 1. The molecule has 0 aliphatic carbocycles. The van der Waals surface area contributed by atoms with E-state index in [-0.39, 0.29) is 23.0 Å². The van der Waals surface area contributed by atoms with Gasteiger partial charge in [-0.2, -0.15) is 0 Å². The van der Waals surface area contributed by atoms with Crippen LogP contribution >= 0.6 is 11.8 Å². The first-order valence-electron chi connectivity index (χ1n) is 9.59. The van der Waals surface area contributed by atoms with Crippen LogP contribution in [-0.2, 0) is 14.3 Å². The van der Waals surface area contributed by atoms with Gasteiger partial charge in [0.2, 0.25) is 5.91 Å². The van der Waals surface area contributed by atoms with E-state index in [0.29, 0.717) is 37.7 Å². The van der Waals surface area contributed by atoms with Crippen LogP contribution in [0.5, 0.6) is 0 Å². The smallest absolute Gasteiger partial charge is 0.309 e. The standard InChI is InChI=1S/C20H26N4O3S/c1-4-27-19(26)16-9-11-23(12-10-16)18(25)15(3)28-20-22-21-13-24(20)17-8-6-5-7-14(17)2/h5-8,13,15-16H,4,9-12H2,1-3H3. The third-order valence-electron chi connectivity index (χ3n) is 4.95. The maximum Gasteiger partial charge on any atom is 0.309 e. The summed E-state index contributed by atoms with van der Waals surface area (Å²) < 4.78 is 7.01. The molecule has 1 fully saturated rings. The number of benzene rings is 1. The number of rotatable bonds is 6. The number of piperidine rings is 1. The second-order valence-corrected chi connectivity index (χ2v) is 8.19. The topological polar surface area (TPSA) is 77.3 Å². The van der Waals surface area contributed by atoms with E-state index < -0.39 is 0 Å². The van der Waals surface area contributed by atoms with Crippen molar-refractivity contribution in [2.45, 2.75) is 44.0 Å². The van der Waals surface area contributed by atoms with Crippen LogP contribution in [0, 0.1) is 12.8 Å². The number of carbonyl (C=O) groups is 2. The Balaban J connectivity index is 1.61. The number of para-hydroxylation sites is 1. The van der Waals surface area contributed by atoms with Crippen LogP contribution in [0.2, 0.25) is 0 Å². The van der Waals surface area contributed by atoms with Gasteiger partial charge in [0, 0.05) is 13.1 Å². The van der Waals surface area contributed by atoms with E-state index in [2.05, 4.69) is 10.2 Å². The van der Waals surface area contributed by atoms with Crippen molar-refractivity contribution in [2.75, 3.05) is 19.7 Å². The average Bonchev–Trinajstić information content (AvgIpc) is 3.16. The summed E-state index contributed by atoms with van der Waals surface area (Å²) in [6.45, 7) is 7.29. The third-order valence-corrected chi connectivity index (χ3v) is 5.99. The zero-order chi connectivity index (χ0) is 20.1. The third kappa shape index (κ3) is 4.55. The summed E-state index contributed by atoms with van der Waals surface area (Å²) in [5, 5.41) is 8.63. The second-order valence-electron chi connectivity index (χ2n) is 6.88. The first-order chi connectivity index (χ1) is 13.5. The monoisotopic (exact) mass is 402 g/mol. The maximum absolute atomic E-state index is 12.9. The van der Waals surface area contributed by atoms with Crippen molar-refractivity contribution in [1.82, 2.24) is 19.7 Å². The van der Waals surface area contributed by atoms with Crippen molar-refractivity contribution >= 4 is 23.6 Å². The minimum atomic E-state index is -0.286. The van der Waals surface area contributed by atoms with Crippen molar-refractivity contribution in [1.29, 1.82) is 0 Å². The largest absolute Gasteiger partial charge is 0.466 e. The lowest BCUT2D eigenvalue weighted by atomic mass is 9.97. The molecule has 2 heterocycles. The second kappa shape index (κ2) is 9.23. The molecule has 1 unspecified atom stereocenters. The number of hydrogen-bond acceptors (Lipinski definition) is 6. The average molecular weight is 403 g/mol. The van der Waals surface area contributed by atoms with E-state index in [9.17, 15) is 9.59 Å². The molecule has 7 nitrogen and oxygen atoms in total. The highest BCUT2D eigenvalue weighted by atomic mass is 32.2. The zero-order valence-electron chi connectivity index (χ0n) is 16.5. The summed E-state index contributed by atoms with van der Waals surface area (Å²) in [6.07, 6.45) is 2.98. The fourth-order valence-corrected chi connectivity index (χ4v) is 4.28. The molecular weight excluding hydrogens is 376 g/mol. The van der Waals surface area contributed by atoms with Crippen molar-refractivity contribution in [3.05, 3.63) is 36.2 Å². The van der Waals surface area contributed by atoms with E-state index in [1.54, 1.807) is 6.33 Å². The lowest BCUT2D eigenvalue weighted by Gasteiger charge is -2.32. The Hall–Kier alpha value is -2.35. The molecule has 1 saturated heterocycles. The number of amides is 1. The molecule has 8 heteroatoms. The molecular formula is C20H26N4O3S. The Labute approximate surface area is 169 Å². The summed E-state index contributed by atoms with van der Waals surface area (Å²) in [6, 6.07) is 8.00. The maximum atomic E-state index is 12.9. The summed E-state index contributed by atoms with van der Waals surface area (Å²) >= 11 is 1.40. The molecule has 1 aliphatic heterocycles. The highest BCUT2D eigenvalue weighted by Crippen LogP contribution is 2.27. The first-order valence-corrected chi connectivity index (χ1v) is 10.5. The fourth-order valence-electron chi connectivity index (χ4n) is 3.37. The molecule has 28 heavy (non-hydrogen) atoms. The van der Waals surface area contributed by atoms with Crippen LogP contribution in [0.4, 0.5) is 0 Å². The molecule has 1 aromatic carbocycles. The lowest BCUT2D eigenvalue weighted by Crippen LogP contribution is -2.43. The van der Waals surface area contributed by atoms with Crippen molar-refractivity contribution in [3.8, 4) is 5.69 Å². The summed E-state index contributed by atoms with van der Waals surface area (Å²) in [4.78, 5) is 26.6. The van der Waals surface area contributed by atoms with Crippen molar-refractivity contribution in [2.24, 2.45) is 5.92 Å². The first kappa shape index (κ1) is 20.4. The molecule has 0 saturated carbocycles. The normalized spacial score (nSPS) is 16.0. The molecule has 1 aromatic heterocycles. The van der Waals surface area contributed by atoms with Gasteiger partial charge in [-0.3, -0.25) is 14.2 Å². The van der Waals surface area contributed by atoms with Gasteiger partial charge in [0.05, 0.1) is 23.5 Å². The molecule has 3 rings (SSSR count). The van der Waals surface area contributed by atoms with Crippen LogP contribution in [-0.4, -0.2) is 56.5 Å². The number of hydrogen-bond donors (Lipinski definition) is 0. The van der Waals surface area contributed by atoms with E-state index in [1.165, 1.54) is 11.8 Å². The fraction of sp³-hybridized carbons (Fsp3) is 0.500. The number of likely N-dealkylation sites (tertiary alicyclic amines) is 1. The Kier molecular flexibility index (Phi) is 6.72. The SMILES string of the molecule is CCOC(=O)C1CCN(C(=O)C(C)Sc2nncn2-c2ccccc2C)CC1. The Morgan fingerprint density at radius 3 is 2.68 bits per heavy atom. The Morgan fingerprint density at radius 1 is 1.29 bits per heavy atom. The predicted molar refractivity (Wildman–Crippen MR) is 107 cm³/mol. The number of ether oxygens (including phenoxy) is 1. The molecule has 0 spiro atoms. The molecule has 1 atom stereocenters. The molecule has 0 N–H and O–H groups in total. The summed E-state index contributed by atoms with van der Waals surface area (Å²) in [5.74, 6) is -0.189. The summed E-state index contributed by atoms with van der Waals surface area (Å²) in [7, 11) is 0. The molecule has 150 valence electrons. The quantitative estimate of drug-likeness (QED) is 0.546. The molecule has 2 aromatic rings. The Morgan fingerprint density at radius 2 is 2.00 bits per heavy atom. The van der Waals surface area contributed by atoms with Gasteiger partial charge in [-0.05, 0) is 45.2 Å². The molecule has 1 aliphatic rings. The lowest BCUT2D eigenvalue weighted by molar-refractivity contribution is -0.151. The zero-order valence-corrected chi connectivity index (χ0v) is 17.3. The number of aryl methyl sites for hydroxylation is 1. The van der Waals surface area contributed by atoms with Gasteiger partial charge in [-0.1, -0.05) is 30.0 Å². The number of esters is 1. The van der Waals surface area contributed by atoms with Crippen molar-refractivity contribution < 1.29 is 14.3 Å². The number of aromatic nitrogens is 3. The van der Waals surface area contributed by atoms with E-state index in [1.807, 2.05) is 54.5 Å². The highest BCUT2D eigenvalue weighted by molar-refractivity contribution is 8.00. The van der Waals surface area contributed by atoms with Crippen LogP contribution < -0.4 is 0 Å². The minimum Gasteiger partial charge on any atom is -0.466 e. The van der Waals surface area contributed by atoms with Gasteiger partial charge in [-0.25, -0.2) is 0 Å². The van der Waals surface area contributed by atoms with Crippen LogP contribution in [0.15, 0.2) is 35.7 Å². The molecule has 0 bridgehead atoms. The molecule has 1 amide bonds. The van der Waals surface area contributed by atoms with Crippen LogP contribution in [0.1, 0.15) is 32.3 Å². The van der Waals surface area contributed by atoms with Gasteiger partial charge in [0.15, 0.2) is 5.16 Å². The van der Waals surface area contributed by atoms with Gasteiger partial charge < -0.3 is 9.64 Å². The van der Waals surface area contributed by atoms with Crippen LogP contribution in [0.3, 0.4) is 0 Å². The van der Waals surface area contributed by atoms with E-state index >= 15 is 0 Å². The van der Waals surface area contributed by atoms with Gasteiger partial charge in [0.25, 0.3) is 0 Å². The number of nitrogens with zero attached hydrogens (tertiary/aromatic N) is 4. The van der Waals surface area contributed by atoms with Gasteiger partial charge in [-0.15, -0.1) is 10.2 Å². The molecule has 0 radical (unpaired) electrons. The van der Waals surface area contributed by atoms with Gasteiger partial charge in [0.1, 0.15) is 6.33 Å².